The van der Waals surface area contributed by atoms with Crippen LogP contribution in [0.25, 0.3) is 0 Å². The molecular weight excluding hydrogens is 244 g/mol. The summed E-state index contributed by atoms with van der Waals surface area (Å²) in [7, 11) is 0. The minimum Gasteiger partial charge on any atom is -0.480 e. The molecular formula is C10H16N2O4S. The fourth-order valence-electron chi connectivity index (χ4n) is 1.96. The Kier molecular flexibility index (Phi) is 4.11. The van der Waals surface area contributed by atoms with E-state index < -0.39 is 12.0 Å². The number of thioether (sulfide) groups is 1. The highest BCUT2D eigenvalue weighted by Gasteiger charge is 2.34. The first-order valence-corrected chi connectivity index (χ1v) is 6.80. The van der Waals surface area contributed by atoms with Crippen LogP contribution in [0.5, 0.6) is 0 Å². The molecule has 2 fully saturated rings. The summed E-state index contributed by atoms with van der Waals surface area (Å²) >= 11 is 1.46. The van der Waals surface area contributed by atoms with E-state index in [0.717, 1.165) is 19.4 Å². The van der Waals surface area contributed by atoms with Crippen LogP contribution >= 0.6 is 11.8 Å². The van der Waals surface area contributed by atoms with Crippen molar-refractivity contribution in [3.63, 3.8) is 0 Å². The topological polar surface area (TPSA) is 78.9 Å². The van der Waals surface area contributed by atoms with Gasteiger partial charge < -0.3 is 20.1 Å². The second kappa shape index (κ2) is 5.59. The molecule has 0 aromatic carbocycles. The van der Waals surface area contributed by atoms with Gasteiger partial charge in [0.25, 0.3) is 0 Å². The molecule has 0 aromatic rings. The number of amides is 2. The van der Waals surface area contributed by atoms with Gasteiger partial charge in [-0.3, -0.25) is 0 Å². The van der Waals surface area contributed by atoms with Crippen molar-refractivity contribution >= 4 is 23.8 Å². The van der Waals surface area contributed by atoms with Gasteiger partial charge in [0.2, 0.25) is 0 Å². The van der Waals surface area contributed by atoms with Crippen LogP contribution in [0.2, 0.25) is 0 Å². The van der Waals surface area contributed by atoms with Crippen LogP contribution in [0.3, 0.4) is 0 Å². The molecule has 2 amide bonds. The van der Waals surface area contributed by atoms with Crippen molar-refractivity contribution in [2.75, 3.05) is 24.8 Å². The Morgan fingerprint density at radius 1 is 1.53 bits per heavy atom. The third-order valence-corrected chi connectivity index (χ3v) is 3.95. The number of rotatable bonds is 3. The third kappa shape index (κ3) is 3.04. The van der Waals surface area contributed by atoms with Gasteiger partial charge in [0.1, 0.15) is 6.04 Å². The number of carbonyl (C=O) groups is 2. The number of aliphatic carboxylic acids is 1. The van der Waals surface area contributed by atoms with Gasteiger partial charge in [-0.1, -0.05) is 0 Å². The van der Waals surface area contributed by atoms with Gasteiger partial charge in [-0.15, -0.1) is 11.8 Å². The predicted molar refractivity (Wildman–Crippen MR) is 63.0 cm³/mol. The lowest BCUT2D eigenvalue weighted by atomic mass is 10.2. The highest BCUT2D eigenvalue weighted by Crippen LogP contribution is 2.21. The summed E-state index contributed by atoms with van der Waals surface area (Å²) in [6.07, 6.45) is 2.06. The first-order chi connectivity index (χ1) is 8.18. The molecule has 0 aromatic heterocycles. The molecule has 2 aliphatic rings. The Labute approximate surface area is 104 Å². The Morgan fingerprint density at radius 3 is 3.00 bits per heavy atom. The van der Waals surface area contributed by atoms with Gasteiger partial charge in [-0.2, -0.15) is 0 Å². The zero-order valence-corrected chi connectivity index (χ0v) is 10.2. The summed E-state index contributed by atoms with van der Waals surface area (Å²) in [4.78, 5) is 24.1. The molecule has 2 heterocycles. The normalized spacial score (nSPS) is 28.4. The van der Waals surface area contributed by atoms with Crippen LogP contribution in [0.1, 0.15) is 12.8 Å². The molecule has 2 aliphatic heterocycles. The number of carboxylic acid groups (broad SMARTS) is 1. The van der Waals surface area contributed by atoms with Gasteiger partial charge in [-0.25, -0.2) is 9.59 Å². The molecule has 2 N–H and O–H groups in total. The molecule has 6 nitrogen and oxygen atoms in total. The molecule has 0 saturated carbocycles. The molecule has 2 saturated heterocycles. The largest absolute Gasteiger partial charge is 0.480 e. The molecule has 2 rings (SSSR count). The summed E-state index contributed by atoms with van der Waals surface area (Å²) in [5.74, 6) is -0.0425. The average Bonchev–Trinajstić information content (AvgIpc) is 2.96. The van der Waals surface area contributed by atoms with Crippen LogP contribution < -0.4 is 5.32 Å². The van der Waals surface area contributed by atoms with Crippen molar-refractivity contribution in [2.45, 2.75) is 25.0 Å². The first-order valence-electron chi connectivity index (χ1n) is 5.65. The van der Waals surface area contributed by atoms with Crippen molar-refractivity contribution in [3.8, 4) is 0 Å². The van der Waals surface area contributed by atoms with Gasteiger partial charge in [0.05, 0.1) is 12.0 Å². The number of carboxylic acids is 1. The second-order valence-corrected chi connectivity index (χ2v) is 5.14. The molecule has 17 heavy (non-hydrogen) atoms. The maximum atomic E-state index is 11.8. The van der Waals surface area contributed by atoms with Crippen LogP contribution in [-0.4, -0.2) is 58.9 Å². The SMILES string of the molecule is O=C(O)[C@@H]1CSCN1C(=O)NCC1CCCO1. The Hall–Kier alpha value is -0.950. The van der Waals surface area contributed by atoms with Crippen molar-refractivity contribution in [2.24, 2.45) is 0 Å². The van der Waals surface area contributed by atoms with Gasteiger partial charge in [0.15, 0.2) is 0 Å². The maximum absolute atomic E-state index is 11.8. The minimum absolute atomic E-state index is 0.0810. The smallest absolute Gasteiger partial charge is 0.327 e. The molecule has 2 atom stereocenters. The lowest BCUT2D eigenvalue weighted by molar-refractivity contribution is -0.140. The van der Waals surface area contributed by atoms with Gasteiger partial charge in [-0.05, 0) is 12.8 Å². The van der Waals surface area contributed by atoms with Gasteiger partial charge in [0, 0.05) is 18.9 Å². The maximum Gasteiger partial charge on any atom is 0.327 e. The third-order valence-electron chi connectivity index (χ3n) is 2.93. The van der Waals surface area contributed by atoms with E-state index in [1.54, 1.807) is 0 Å². The zero-order valence-electron chi connectivity index (χ0n) is 9.42. The number of hydrogen-bond donors (Lipinski definition) is 2. The van der Waals surface area contributed by atoms with E-state index in [1.165, 1.54) is 16.7 Å². The first kappa shape index (κ1) is 12.5. The minimum atomic E-state index is -0.942. The van der Waals surface area contributed by atoms with Gasteiger partial charge >= 0.3 is 12.0 Å². The van der Waals surface area contributed by atoms with E-state index in [0.29, 0.717) is 18.2 Å². The van der Waals surface area contributed by atoms with E-state index in [2.05, 4.69) is 5.32 Å². The predicted octanol–water partition coefficient (Wildman–Crippen LogP) is 0.334. The van der Waals surface area contributed by atoms with Crippen LogP contribution in [-0.2, 0) is 9.53 Å². The number of urea groups is 1. The zero-order chi connectivity index (χ0) is 12.3. The summed E-state index contributed by atoms with van der Waals surface area (Å²) in [6, 6.07) is -1.01. The summed E-state index contributed by atoms with van der Waals surface area (Å²) in [5, 5.41) is 11.7. The molecule has 0 radical (unpaired) electrons. The molecule has 0 spiro atoms. The van der Waals surface area contributed by atoms with E-state index in [9.17, 15) is 9.59 Å². The molecule has 0 aliphatic carbocycles. The fraction of sp³-hybridized carbons (Fsp3) is 0.800. The fourth-order valence-corrected chi connectivity index (χ4v) is 3.10. The number of nitrogens with zero attached hydrogens (tertiary/aromatic N) is 1. The quantitative estimate of drug-likeness (QED) is 0.764. The van der Waals surface area contributed by atoms with Crippen molar-refractivity contribution in [1.29, 1.82) is 0 Å². The summed E-state index contributed by atoms with van der Waals surface area (Å²) in [6.45, 7) is 1.21. The van der Waals surface area contributed by atoms with E-state index >= 15 is 0 Å². The number of ether oxygens (including phenoxy) is 1. The Bertz CT molecular complexity index is 307. The van der Waals surface area contributed by atoms with Crippen molar-refractivity contribution in [1.82, 2.24) is 10.2 Å². The lowest BCUT2D eigenvalue weighted by Gasteiger charge is -2.21. The Morgan fingerprint density at radius 2 is 2.35 bits per heavy atom. The molecule has 0 bridgehead atoms. The molecule has 96 valence electrons. The van der Waals surface area contributed by atoms with E-state index in [1.807, 2.05) is 0 Å². The highest BCUT2D eigenvalue weighted by atomic mass is 32.2. The Balaban J connectivity index is 1.80. The molecule has 7 heteroatoms. The van der Waals surface area contributed by atoms with E-state index in [-0.39, 0.29) is 12.1 Å². The highest BCUT2D eigenvalue weighted by molar-refractivity contribution is 7.99. The molecule has 1 unspecified atom stereocenters. The van der Waals surface area contributed by atoms with Crippen molar-refractivity contribution in [3.05, 3.63) is 0 Å². The number of nitrogens with one attached hydrogen (secondary N) is 1. The van der Waals surface area contributed by atoms with Crippen LogP contribution in [0.15, 0.2) is 0 Å². The number of carbonyl (C=O) groups excluding carboxylic acids is 1. The summed E-state index contributed by atoms with van der Waals surface area (Å²) < 4.78 is 5.39. The van der Waals surface area contributed by atoms with Crippen molar-refractivity contribution < 1.29 is 19.4 Å². The second-order valence-electron chi connectivity index (χ2n) is 4.14. The van der Waals surface area contributed by atoms with Crippen LogP contribution in [0.4, 0.5) is 4.79 Å². The standard InChI is InChI=1S/C10H16N2O4S/c13-9(14)8-5-17-6-12(8)10(15)11-4-7-2-1-3-16-7/h7-8H,1-6H2,(H,11,15)(H,13,14)/t7?,8-/m0/s1. The average molecular weight is 260 g/mol. The van der Waals surface area contributed by atoms with Crippen LogP contribution in [0, 0.1) is 0 Å². The lowest BCUT2D eigenvalue weighted by Crippen LogP contribution is -2.48. The monoisotopic (exact) mass is 260 g/mol. The summed E-state index contributed by atoms with van der Waals surface area (Å²) in [5.41, 5.74) is 0. The number of hydrogen-bond acceptors (Lipinski definition) is 4. The van der Waals surface area contributed by atoms with E-state index in [4.69, 9.17) is 9.84 Å².